The highest BCUT2D eigenvalue weighted by Gasteiger charge is 2.36. The van der Waals surface area contributed by atoms with Crippen LogP contribution >= 0.6 is 23.1 Å². The fraction of sp³-hybridized carbons (Fsp3) is 0.667. The van der Waals surface area contributed by atoms with Gasteiger partial charge in [-0.1, -0.05) is 6.92 Å². The van der Waals surface area contributed by atoms with Gasteiger partial charge in [-0.3, -0.25) is 4.79 Å². The van der Waals surface area contributed by atoms with E-state index in [9.17, 15) is 9.59 Å². The van der Waals surface area contributed by atoms with Gasteiger partial charge in [0.15, 0.2) is 0 Å². The fourth-order valence-electron chi connectivity index (χ4n) is 2.50. The van der Waals surface area contributed by atoms with Gasteiger partial charge in [-0.15, -0.1) is 23.1 Å². The van der Waals surface area contributed by atoms with E-state index in [2.05, 4.69) is 4.98 Å². The van der Waals surface area contributed by atoms with Gasteiger partial charge in [-0.25, -0.2) is 9.78 Å². The molecule has 2 aliphatic heterocycles. The third kappa shape index (κ3) is 3.74. The van der Waals surface area contributed by atoms with Crippen LogP contribution in [0.25, 0.3) is 0 Å². The van der Waals surface area contributed by atoms with Crippen LogP contribution in [0.5, 0.6) is 0 Å². The van der Waals surface area contributed by atoms with Gasteiger partial charge < -0.3 is 19.1 Å². The quantitative estimate of drug-likeness (QED) is 0.733. The van der Waals surface area contributed by atoms with Gasteiger partial charge in [0, 0.05) is 18.4 Å². The first-order valence-electron chi connectivity index (χ1n) is 7.86. The zero-order valence-electron chi connectivity index (χ0n) is 13.6. The largest absolute Gasteiger partial charge is 0.455 e. The standard InChI is InChI=1S/C15H20N2O5S2/c1-3-12(18)17-8-23-7-10(17)14(19)22-9(2)11-6-16-13(24-11)15-20-4-5-21-15/h6,9-10,15H,3-5,7-8H2,1-2H3/t9-,10-/m0/s1. The number of nitrogens with zero attached hydrogens (tertiary/aromatic N) is 2. The summed E-state index contributed by atoms with van der Waals surface area (Å²) in [6.07, 6.45) is 1.23. The molecule has 2 atom stereocenters. The molecule has 2 saturated heterocycles. The van der Waals surface area contributed by atoms with Crippen LogP contribution in [-0.2, 0) is 23.8 Å². The van der Waals surface area contributed by atoms with Crippen LogP contribution in [0, 0.1) is 0 Å². The predicted molar refractivity (Wildman–Crippen MR) is 89.5 cm³/mol. The fourth-order valence-corrected chi connectivity index (χ4v) is 4.56. The van der Waals surface area contributed by atoms with Crippen LogP contribution in [0.2, 0.25) is 0 Å². The van der Waals surface area contributed by atoms with E-state index < -0.39 is 18.4 Å². The van der Waals surface area contributed by atoms with Gasteiger partial charge in [0.25, 0.3) is 0 Å². The number of rotatable bonds is 5. The van der Waals surface area contributed by atoms with Gasteiger partial charge in [0.2, 0.25) is 12.2 Å². The van der Waals surface area contributed by atoms with E-state index in [4.69, 9.17) is 14.2 Å². The highest BCUT2D eigenvalue weighted by molar-refractivity contribution is 7.99. The van der Waals surface area contributed by atoms with E-state index >= 15 is 0 Å². The van der Waals surface area contributed by atoms with E-state index in [1.165, 1.54) is 11.3 Å². The predicted octanol–water partition coefficient (Wildman–Crippen LogP) is 2.10. The van der Waals surface area contributed by atoms with Crippen molar-refractivity contribution in [3.63, 3.8) is 0 Å². The summed E-state index contributed by atoms with van der Waals surface area (Å²) >= 11 is 2.98. The van der Waals surface area contributed by atoms with Gasteiger partial charge >= 0.3 is 5.97 Å². The van der Waals surface area contributed by atoms with Crippen molar-refractivity contribution in [2.24, 2.45) is 0 Å². The third-order valence-corrected chi connectivity index (χ3v) is 6.03. The van der Waals surface area contributed by atoms with E-state index in [1.807, 2.05) is 0 Å². The molecule has 132 valence electrons. The van der Waals surface area contributed by atoms with Crippen LogP contribution in [0.1, 0.15) is 42.5 Å². The van der Waals surface area contributed by atoms with Crippen molar-refractivity contribution >= 4 is 35.0 Å². The van der Waals surface area contributed by atoms with Crippen molar-refractivity contribution < 1.29 is 23.8 Å². The molecule has 0 bridgehead atoms. The summed E-state index contributed by atoms with van der Waals surface area (Å²) in [4.78, 5) is 31.0. The van der Waals surface area contributed by atoms with E-state index in [0.717, 1.165) is 9.88 Å². The van der Waals surface area contributed by atoms with Crippen LogP contribution in [0.15, 0.2) is 6.20 Å². The molecule has 1 amide bonds. The van der Waals surface area contributed by atoms with Crippen molar-refractivity contribution in [3.8, 4) is 0 Å². The van der Waals surface area contributed by atoms with Gasteiger partial charge in [-0.05, 0) is 6.92 Å². The third-order valence-electron chi connectivity index (χ3n) is 3.84. The number of carbonyl (C=O) groups is 2. The summed E-state index contributed by atoms with van der Waals surface area (Å²) in [6, 6.07) is -0.501. The number of thioether (sulfide) groups is 1. The SMILES string of the molecule is CCC(=O)N1CSC[C@H]1C(=O)O[C@@H](C)c1cnc(C2OCCO2)s1. The molecule has 0 N–H and O–H groups in total. The van der Waals surface area contributed by atoms with Crippen LogP contribution in [0.4, 0.5) is 0 Å². The first-order chi connectivity index (χ1) is 11.6. The van der Waals surface area contributed by atoms with Crippen LogP contribution in [-0.4, -0.2) is 52.6 Å². The highest BCUT2D eigenvalue weighted by Crippen LogP contribution is 2.32. The maximum Gasteiger partial charge on any atom is 0.330 e. The Hall–Kier alpha value is -1.16. The minimum Gasteiger partial charge on any atom is -0.455 e. The lowest BCUT2D eigenvalue weighted by Gasteiger charge is -2.23. The average molecular weight is 372 g/mol. The second kappa shape index (κ2) is 7.81. The second-order valence-corrected chi connectivity index (χ2v) is 7.58. The second-order valence-electron chi connectivity index (χ2n) is 5.49. The Kier molecular flexibility index (Phi) is 5.75. The molecule has 3 heterocycles. The van der Waals surface area contributed by atoms with E-state index in [0.29, 0.717) is 31.3 Å². The molecule has 2 aliphatic rings. The summed E-state index contributed by atoms with van der Waals surface area (Å²) in [6.45, 7) is 4.72. The van der Waals surface area contributed by atoms with E-state index in [1.54, 1.807) is 36.7 Å². The Balaban J connectivity index is 1.60. The summed E-state index contributed by atoms with van der Waals surface area (Å²) < 4.78 is 16.4. The zero-order valence-corrected chi connectivity index (χ0v) is 15.2. The molecule has 3 rings (SSSR count). The molecule has 2 fully saturated rings. The molecule has 0 unspecified atom stereocenters. The van der Waals surface area contributed by atoms with Crippen molar-refractivity contribution in [2.45, 2.75) is 38.7 Å². The molecule has 1 aromatic heterocycles. The summed E-state index contributed by atoms with van der Waals surface area (Å²) in [5.74, 6) is 0.736. The normalized spacial score (nSPS) is 22.8. The molecule has 24 heavy (non-hydrogen) atoms. The Morgan fingerprint density at radius 3 is 2.92 bits per heavy atom. The Bertz CT molecular complexity index is 602. The maximum absolute atomic E-state index is 12.4. The van der Waals surface area contributed by atoms with Crippen molar-refractivity contribution in [2.75, 3.05) is 24.8 Å². The molecular formula is C15H20N2O5S2. The molecule has 0 spiro atoms. The summed E-state index contributed by atoms with van der Waals surface area (Å²) in [5, 5.41) is 0.726. The Morgan fingerprint density at radius 2 is 2.21 bits per heavy atom. The number of carbonyl (C=O) groups excluding carboxylic acids is 2. The number of aromatic nitrogens is 1. The Labute approximate surface area is 148 Å². The summed E-state index contributed by atoms with van der Waals surface area (Å²) in [5.41, 5.74) is 0. The van der Waals surface area contributed by atoms with Crippen molar-refractivity contribution in [1.29, 1.82) is 0 Å². The maximum atomic E-state index is 12.4. The molecule has 0 radical (unpaired) electrons. The molecule has 0 saturated carbocycles. The van der Waals surface area contributed by atoms with Gasteiger partial charge in [0.05, 0.1) is 24.0 Å². The topological polar surface area (TPSA) is 78.0 Å². The van der Waals surface area contributed by atoms with Gasteiger partial charge in [0.1, 0.15) is 17.2 Å². The lowest BCUT2D eigenvalue weighted by atomic mass is 10.2. The Morgan fingerprint density at radius 1 is 1.46 bits per heavy atom. The number of amides is 1. The van der Waals surface area contributed by atoms with Gasteiger partial charge in [-0.2, -0.15) is 0 Å². The molecule has 0 aromatic carbocycles. The number of esters is 1. The number of hydrogen-bond acceptors (Lipinski definition) is 8. The lowest BCUT2D eigenvalue weighted by Crippen LogP contribution is -2.42. The molecule has 7 nitrogen and oxygen atoms in total. The van der Waals surface area contributed by atoms with Crippen LogP contribution in [0.3, 0.4) is 0 Å². The number of thiazole rings is 1. The minimum atomic E-state index is -0.501. The number of hydrogen-bond donors (Lipinski definition) is 0. The molecule has 1 aromatic rings. The first-order valence-corrected chi connectivity index (χ1v) is 9.83. The molecule has 0 aliphatic carbocycles. The average Bonchev–Trinajstić information content (AvgIpc) is 3.34. The molecular weight excluding hydrogens is 352 g/mol. The number of ether oxygens (including phenoxy) is 3. The summed E-state index contributed by atoms with van der Waals surface area (Å²) in [7, 11) is 0. The minimum absolute atomic E-state index is 0.0230. The lowest BCUT2D eigenvalue weighted by molar-refractivity contribution is -0.157. The molecule has 9 heteroatoms. The highest BCUT2D eigenvalue weighted by atomic mass is 32.2. The first kappa shape index (κ1) is 17.7. The smallest absolute Gasteiger partial charge is 0.330 e. The van der Waals surface area contributed by atoms with Crippen LogP contribution < -0.4 is 0 Å². The van der Waals surface area contributed by atoms with Crippen molar-refractivity contribution in [1.82, 2.24) is 9.88 Å². The monoisotopic (exact) mass is 372 g/mol. The van der Waals surface area contributed by atoms with Crippen molar-refractivity contribution in [3.05, 3.63) is 16.1 Å². The zero-order chi connectivity index (χ0) is 17.1. The van der Waals surface area contributed by atoms with E-state index in [-0.39, 0.29) is 11.9 Å².